The molecule has 0 N–H and O–H groups in total. The highest BCUT2D eigenvalue weighted by Crippen LogP contribution is 2.56. The number of hydrogen-bond acceptors (Lipinski definition) is 1. The third-order valence-corrected chi connectivity index (χ3v) is 15.5. The zero-order valence-electron chi connectivity index (χ0n) is 36.9. The molecule has 12 aromatic rings. The molecule has 0 fully saturated rings. The van der Waals surface area contributed by atoms with Gasteiger partial charge >= 0.3 is 0 Å². The second-order valence-corrected chi connectivity index (χ2v) is 19.5. The lowest BCUT2D eigenvalue weighted by Crippen LogP contribution is -2.15. The lowest BCUT2D eigenvalue weighted by Gasteiger charge is -2.23. The van der Waals surface area contributed by atoms with Crippen LogP contribution in [0.2, 0.25) is 0 Å². The Bertz CT molecular complexity index is 4000. The van der Waals surface area contributed by atoms with Crippen LogP contribution in [0.1, 0.15) is 49.9 Å². The SMILES string of the molecule is CC1(C)c2ccc(-c3ccc4c(c3)C(C)(C)c3ccc5c(oc6ccc7ccccc7c65)c3-4)cc2-c2ccc(-c3c4ccccc4c(-c4cccc5ccccc45)c4ccccc34)cc21. The van der Waals surface area contributed by atoms with Crippen LogP contribution in [0.4, 0.5) is 0 Å². The summed E-state index contributed by atoms with van der Waals surface area (Å²) in [6.07, 6.45) is 0. The van der Waals surface area contributed by atoms with Gasteiger partial charge in [-0.25, -0.2) is 0 Å². The van der Waals surface area contributed by atoms with E-state index in [1.165, 1.54) is 132 Å². The molecule has 2 aliphatic carbocycles. The average molecular weight is 829 g/mol. The van der Waals surface area contributed by atoms with Crippen molar-refractivity contribution in [3.8, 4) is 55.6 Å². The van der Waals surface area contributed by atoms with Crippen molar-refractivity contribution in [2.75, 3.05) is 0 Å². The van der Waals surface area contributed by atoms with Gasteiger partial charge in [-0.3, -0.25) is 0 Å². The highest BCUT2D eigenvalue weighted by molar-refractivity contribution is 6.24. The fraction of sp³-hybridized carbons (Fsp3) is 0.0938. The van der Waals surface area contributed by atoms with Gasteiger partial charge < -0.3 is 4.42 Å². The zero-order chi connectivity index (χ0) is 43.3. The van der Waals surface area contributed by atoms with E-state index < -0.39 is 0 Å². The number of hydrogen-bond donors (Lipinski definition) is 0. The Kier molecular flexibility index (Phi) is 7.30. The molecule has 0 unspecified atom stereocenters. The number of fused-ring (bicyclic) bond motifs is 15. The molecule has 0 saturated heterocycles. The predicted octanol–water partition coefficient (Wildman–Crippen LogP) is 17.8. The van der Waals surface area contributed by atoms with E-state index in [0.29, 0.717) is 0 Å². The molecular formula is C64H44O. The van der Waals surface area contributed by atoms with Gasteiger partial charge in [0.05, 0.1) is 0 Å². The van der Waals surface area contributed by atoms with Crippen LogP contribution < -0.4 is 0 Å². The van der Waals surface area contributed by atoms with Crippen LogP contribution >= 0.6 is 0 Å². The maximum Gasteiger partial charge on any atom is 0.143 e. The van der Waals surface area contributed by atoms with Gasteiger partial charge in [-0.15, -0.1) is 0 Å². The molecule has 0 aliphatic heterocycles. The van der Waals surface area contributed by atoms with Crippen LogP contribution in [-0.4, -0.2) is 0 Å². The first-order valence-corrected chi connectivity index (χ1v) is 23.0. The van der Waals surface area contributed by atoms with E-state index in [0.717, 1.165) is 11.2 Å². The first-order valence-electron chi connectivity index (χ1n) is 23.0. The van der Waals surface area contributed by atoms with E-state index >= 15 is 0 Å². The van der Waals surface area contributed by atoms with Gasteiger partial charge in [0.25, 0.3) is 0 Å². The first kappa shape index (κ1) is 36.7. The Morgan fingerprint density at radius 2 is 0.846 bits per heavy atom. The largest absolute Gasteiger partial charge is 0.455 e. The van der Waals surface area contributed by atoms with Crippen molar-refractivity contribution < 1.29 is 4.42 Å². The van der Waals surface area contributed by atoms with Crippen molar-refractivity contribution in [3.05, 3.63) is 216 Å². The Hall–Kier alpha value is -7.74. The van der Waals surface area contributed by atoms with E-state index in [2.05, 4.69) is 222 Å². The summed E-state index contributed by atoms with van der Waals surface area (Å²) in [6, 6.07) is 72.7. The summed E-state index contributed by atoms with van der Waals surface area (Å²) < 4.78 is 6.79. The third-order valence-electron chi connectivity index (χ3n) is 15.5. The molecule has 0 bridgehead atoms. The molecule has 0 spiro atoms. The molecule has 1 aromatic heterocycles. The fourth-order valence-electron chi connectivity index (χ4n) is 12.3. The van der Waals surface area contributed by atoms with Crippen molar-refractivity contribution in [2.45, 2.75) is 38.5 Å². The molecular weight excluding hydrogens is 785 g/mol. The van der Waals surface area contributed by atoms with Crippen LogP contribution in [0, 0.1) is 0 Å². The summed E-state index contributed by atoms with van der Waals surface area (Å²) in [6.45, 7) is 9.54. The van der Waals surface area contributed by atoms with Crippen LogP contribution in [0.3, 0.4) is 0 Å². The zero-order valence-corrected chi connectivity index (χ0v) is 36.9. The quantitative estimate of drug-likeness (QED) is 0.162. The second kappa shape index (κ2) is 12.9. The molecule has 11 aromatic carbocycles. The van der Waals surface area contributed by atoms with E-state index in [1.807, 2.05) is 0 Å². The average Bonchev–Trinajstić information content (AvgIpc) is 3.92. The maximum absolute atomic E-state index is 6.79. The normalized spacial score (nSPS) is 14.4. The summed E-state index contributed by atoms with van der Waals surface area (Å²) in [4.78, 5) is 0. The summed E-state index contributed by atoms with van der Waals surface area (Å²) in [7, 11) is 0. The molecule has 65 heavy (non-hydrogen) atoms. The molecule has 1 heterocycles. The fourth-order valence-corrected chi connectivity index (χ4v) is 12.3. The molecule has 0 saturated carbocycles. The van der Waals surface area contributed by atoms with Gasteiger partial charge in [-0.05, 0) is 140 Å². The van der Waals surface area contributed by atoms with Crippen molar-refractivity contribution in [1.29, 1.82) is 0 Å². The number of benzene rings is 11. The summed E-state index contributed by atoms with van der Waals surface area (Å²) in [5.41, 5.74) is 19.8. The van der Waals surface area contributed by atoms with Crippen molar-refractivity contribution in [2.24, 2.45) is 0 Å². The van der Waals surface area contributed by atoms with Crippen LogP contribution in [0.5, 0.6) is 0 Å². The van der Waals surface area contributed by atoms with Gasteiger partial charge in [0, 0.05) is 27.2 Å². The minimum Gasteiger partial charge on any atom is -0.455 e. The van der Waals surface area contributed by atoms with Gasteiger partial charge in [0.2, 0.25) is 0 Å². The lowest BCUT2D eigenvalue weighted by molar-refractivity contribution is 0.653. The van der Waals surface area contributed by atoms with Gasteiger partial charge in [0.1, 0.15) is 11.2 Å². The molecule has 1 heteroatoms. The van der Waals surface area contributed by atoms with E-state index in [-0.39, 0.29) is 10.8 Å². The van der Waals surface area contributed by atoms with Crippen molar-refractivity contribution >= 4 is 65.0 Å². The van der Waals surface area contributed by atoms with Gasteiger partial charge in [-0.1, -0.05) is 198 Å². The van der Waals surface area contributed by atoms with E-state index in [4.69, 9.17) is 4.42 Å². The van der Waals surface area contributed by atoms with Crippen LogP contribution in [0.25, 0.3) is 121 Å². The molecule has 306 valence electrons. The Morgan fingerprint density at radius 3 is 1.60 bits per heavy atom. The van der Waals surface area contributed by atoms with E-state index in [1.54, 1.807) is 0 Å². The Balaban J connectivity index is 0.894. The smallest absolute Gasteiger partial charge is 0.143 e. The maximum atomic E-state index is 6.79. The van der Waals surface area contributed by atoms with Crippen molar-refractivity contribution in [1.82, 2.24) is 0 Å². The van der Waals surface area contributed by atoms with Gasteiger partial charge in [-0.2, -0.15) is 0 Å². The summed E-state index contributed by atoms with van der Waals surface area (Å²) in [5.74, 6) is 0. The molecule has 0 radical (unpaired) electrons. The van der Waals surface area contributed by atoms with Crippen LogP contribution in [-0.2, 0) is 10.8 Å². The molecule has 1 nitrogen and oxygen atoms in total. The van der Waals surface area contributed by atoms with E-state index in [9.17, 15) is 0 Å². The minimum absolute atomic E-state index is 0.168. The Labute approximate surface area is 378 Å². The first-order chi connectivity index (χ1) is 31.8. The third kappa shape index (κ3) is 4.93. The van der Waals surface area contributed by atoms with Gasteiger partial charge in [0.15, 0.2) is 0 Å². The minimum atomic E-state index is -0.181. The number of furan rings is 1. The summed E-state index contributed by atoms with van der Waals surface area (Å²) in [5, 5.41) is 12.5. The van der Waals surface area contributed by atoms with Crippen LogP contribution in [0.15, 0.2) is 199 Å². The highest BCUT2D eigenvalue weighted by Gasteiger charge is 2.39. The monoisotopic (exact) mass is 828 g/mol. The molecule has 0 atom stereocenters. The molecule has 0 amide bonds. The molecule has 14 rings (SSSR count). The second-order valence-electron chi connectivity index (χ2n) is 19.5. The predicted molar refractivity (Wildman–Crippen MR) is 275 cm³/mol. The summed E-state index contributed by atoms with van der Waals surface area (Å²) >= 11 is 0. The standard InChI is InChI=1S/C64H44O/c1-63(2)53-31-26-39(40-24-29-50-56(35-40)64(3,4)54-32-30-51-60-43-18-8-6-15-38(43)27-33-57(60)65-62(51)61(50)54)34-52(53)44-28-25-41(36-55(44)63)58-46-19-9-11-21-48(46)59(49-22-12-10-20-47(49)58)45-23-13-16-37-14-5-7-17-42(37)45/h5-36H,1-4H3. The lowest BCUT2D eigenvalue weighted by atomic mass is 9.80. The number of rotatable bonds is 3. The topological polar surface area (TPSA) is 13.1 Å². The molecule has 2 aliphatic rings. The highest BCUT2D eigenvalue weighted by atomic mass is 16.3. The Morgan fingerprint density at radius 1 is 0.308 bits per heavy atom. The van der Waals surface area contributed by atoms with Crippen molar-refractivity contribution in [3.63, 3.8) is 0 Å².